The zero-order chi connectivity index (χ0) is 12.3. The number of carbonyl (C=O) groups is 1. The van der Waals surface area contributed by atoms with Crippen molar-refractivity contribution >= 4 is 17.8 Å². The lowest BCUT2D eigenvalue weighted by Gasteiger charge is -2.08. The van der Waals surface area contributed by atoms with Gasteiger partial charge in [0.25, 0.3) is 0 Å². The number of halogens is 1. The Hall–Kier alpha value is -2.00. The molecule has 0 aromatic heterocycles. The topological polar surface area (TPSA) is 46.5 Å². The van der Waals surface area contributed by atoms with Crippen LogP contribution < -0.4 is 4.74 Å². The van der Waals surface area contributed by atoms with E-state index in [0.29, 0.717) is 5.02 Å². The molecule has 86 valence electrons. The lowest BCUT2D eigenvalue weighted by Crippen LogP contribution is -2.03. The van der Waals surface area contributed by atoms with E-state index < -0.39 is 6.16 Å². The van der Waals surface area contributed by atoms with Crippen molar-refractivity contribution < 1.29 is 14.6 Å². The highest BCUT2D eigenvalue weighted by atomic mass is 35.5. The van der Waals surface area contributed by atoms with Crippen LogP contribution in [0.4, 0.5) is 4.79 Å². The van der Waals surface area contributed by atoms with E-state index in [9.17, 15) is 4.79 Å². The molecule has 4 heteroatoms. The van der Waals surface area contributed by atoms with E-state index >= 15 is 0 Å². The van der Waals surface area contributed by atoms with E-state index in [2.05, 4.69) is 4.74 Å². The maximum atomic E-state index is 10.5. The Morgan fingerprint density at radius 2 is 1.76 bits per heavy atom. The summed E-state index contributed by atoms with van der Waals surface area (Å²) in [6, 6.07) is 14.5. The molecule has 0 saturated carbocycles. The van der Waals surface area contributed by atoms with E-state index in [-0.39, 0.29) is 5.75 Å². The Labute approximate surface area is 103 Å². The van der Waals surface area contributed by atoms with Gasteiger partial charge >= 0.3 is 6.16 Å². The van der Waals surface area contributed by atoms with Crippen molar-refractivity contribution in [1.29, 1.82) is 0 Å². The Bertz CT molecular complexity index is 538. The first-order chi connectivity index (χ1) is 8.18. The molecule has 0 aliphatic rings. The number of ether oxygens (including phenoxy) is 1. The fraction of sp³-hybridized carbons (Fsp3) is 0. The molecule has 0 unspecified atom stereocenters. The minimum absolute atomic E-state index is 0.139. The number of hydrogen-bond donors (Lipinski definition) is 1. The molecule has 2 aromatic carbocycles. The van der Waals surface area contributed by atoms with Crippen LogP contribution in [0, 0.1) is 0 Å². The highest BCUT2D eigenvalue weighted by Gasteiger charge is 2.11. The highest BCUT2D eigenvalue weighted by molar-refractivity contribution is 6.34. The monoisotopic (exact) mass is 248 g/mol. The third-order valence-corrected chi connectivity index (χ3v) is 2.64. The minimum Gasteiger partial charge on any atom is -0.449 e. The van der Waals surface area contributed by atoms with Crippen LogP contribution in [0.1, 0.15) is 0 Å². The number of hydrogen-bond acceptors (Lipinski definition) is 2. The van der Waals surface area contributed by atoms with Crippen molar-refractivity contribution in [1.82, 2.24) is 0 Å². The van der Waals surface area contributed by atoms with Crippen LogP contribution in [0.15, 0.2) is 48.5 Å². The fourth-order valence-corrected chi connectivity index (χ4v) is 1.80. The van der Waals surface area contributed by atoms with Gasteiger partial charge in [-0.25, -0.2) is 4.79 Å². The SMILES string of the molecule is O=C(O)Oc1cccc(-c2ccccc2)c1Cl. The molecule has 0 aliphatic carbocycles. The third kappa shape index (κ3) is 2.57. The van der Waals surface area contributed by atoms with Gasteiger partial charge in [-0.2, -0.15) is 0 Å². The summed E-state index contributed by atoms with van der Waals surface area (Å²) < 4.78 is 4.59. The summed E-state index contributed by atoms with van der Waals surface area (Å²) in [6.45, 7) is 0. The normalized spacial score (nSPS) is 9.94. The average molecular weight is 249 g/mol. The van der Waals surface area contributed by atoms with Gasteiger partial charge in [0, 0.05) is 5.56 Å². The van der Waals surface area contributed by atoms with Gasteiger partial charge in [-0.05, 0) is 11.6 Å². The van der Waals surface area contributed by atoms with Crippen LogP contribution >= 0.6 is 11.6 Å². The number of benzene rings is 2. The van der Waals surface area contributed by atoms with Crippen LogP contribution in [0.25, 0.3) is 11.1 Å². The van der Waals surface area contributed by atoms with Gasteiger partial charge in [-0.3, -0.25) is 0 Å². The molecule has 2 rings (SSSR count). The van der Waals surface area contributed by atoms with Crippen molar-refractivity contribution in [2.24, 2.45) is 0 Å². The van der Waals surface area contributed by atoms with E-state index in [4.69, 9.17) is 16.7 Å². The van der Waals surface area contributed by atoms with Crippen LogP contribution in [-0.4, -0.2) is 11.3 Å². The molecular formula is C13H9ClO3. The Balaban J connectivity index is 2.46. The van der Waals surface area contributed by atoms with E-state index in [1.54, 1.807) is 6.07 Å². The van der Waals surface area contributed by atoms with Crippen LogP contribution in [0.3, 0.4) is 0 Å². The van der Waals surface area contributed by atoms with E-state index in [0.717, 1.165) is 11.1 Å². The molecule has 3 nitrogen and oxygen atoms in total. The Kier molecular flexibility index (Phi) is 3.30. The maximum absolute atomic E-state index is 10.5. The predicted molar refractivity (Wildman–Crippen MR) is 65.5 cm³/mol. The van der Waals surface area contributed by atoms with E-state index in [1.807, 2.05) is 36.4 Å². The van der Waals surface area contributed by atoms with Crippen LogP contribution in [-0.2, 0) is 0 Å². The number of carboxylic acid groups (broad SMARTS) is 1. The average Bonchev–Trinajstić information content (AvgIpc) is 2.32. The standard InChI is InChI=1S/C13H9ClO3/c14-12-10(9-5-2-1-3-6-9)7-4-8-11(12)17-13(15)16/h1-8H,(H,15,16). The summed E-state index contributed by atoms with van der Waals surface area (Å²) in [6.07, 6.45) is -1.38. The first-order valence-corrected chi connectivity index (χ1v) is 5.31. The fourth-order valence-electron chi connectivity index (χ4n) is 1.52. The maximum Gasteiger partial charge on any atom is 0.511 e. The zero-order valence-corrected chi connectivity index (χ0v) is 9.52. The molecule has 0 amide bonds. The second kappa shape index (κ2) is 4.89. The van der Waals surface area contributed by atoms with Crippen molar-refractivity contribution in [2.75, 3.05) is 0 Å². The van der Waals surface area contributed by atoms with Crippen molar-refractivity contribution in [3.05, 3.63) is 53.6 Å². The third-order valence-electron chi connectivity index (χ3n) is 2.25. The predicted octanol–water partition coefficient (Wildman–Crippen LogP) is 4.06. The summed E-state index contributed by atoms with van der Waals surface area (Å²) in [5.74, 6) is 0.139. The molecule has 0 radical (unpaired) electrons. The van der Waals surface area contributed by atoms with Gasteiger partial charge in [0.15, 0.2) is 5.75 Å². The van der Waals surface area contributed by atoms with Crippen molar-refractivity contribution in [2.45, 2.75) is 0 Å². The lowest BCUT2D eigenvalue weighted by molar-refractivity contribution is 0.144. The Morgan fingerprint density at radius 3 is 2.41 bits per heavy atom. The van der Waals surface area contributed by atoms with Crippen LogP contribution in [0.2, 0.25) is 5.02 Å². The molecule has 0 spiro atoms. The zero-order valence-electron chi connectivity index (χ0n) is 8.76. The summed E-state index contributed by atoms with van der Waals surface area (Å²) in [7, 11) is 0. The molecule has 1 N–H and O–H groups in total. The van der Waals surface area contributed by atoms with Gasteiger partial charge in [0.2, 0.25) is 0 Å². The summed E-state index contributed by atoms with van der Waals surface area (Å²) in [4.78, 5) is 10.5. The smallest absolute Gasteiger partial charge is 0.449 e. The molecule has 0 aliphatic heterocycles. The molecule has 0 heterocycles. The molecule has 0 bridgehead atoms. The summed E-state index contributed by atoms with van der Waals surface area (Å²) in [5.41, 5.74) is 1.65. The summed E-state index contributed by atoms with van der Waals surface area (Å²) in [5, 5.41) is 8.86. The quantitative estimate of drug-likeness (QED) is 0.644. The molecule has 0 saturated heterocycles. The second-order valence-electron chi connectivity index (χ2n) is 3.35. The molecule has 17 heavy (non-hydrogen) atoms. The van der Waals surface area contributed by atoms with Gasteiger partial charge in [0.1, 0.15) is 0 Å². The first-order valence-electron chi connectivity index (χ1n) is 4.93. The van der Waals surface area contributed by atoms with Gasteiger partial charge in [0.05, 0.1) is 5.02 Å². The van der Waals surface area contributed by atoms with Gasteiger partial charge < -0.3 is 9.84 Å². The number of rotatable bonds is 2. The van der Waals surface area contributed by atoms with Crippen LogP contribution in [0.5, 0.6) is 5.75 Å². The van der Waals surface area contributed by atoms with E-state index in [1.165, 1.54) is 6.07 Å². The van der Waals surface area contributed by atoms with Gasteiger partial charge in [-0.1, -0.05) is 54.1 Å². The largest absolute Gasteiger partial charge is 0.511 e. The lowest BCUT2D eigenvalue weighted by atomic mass is 10.1. The molecule has 0 fully saturated rings. The minimum atomic E-state index is -1.38. The Morgan fingerprint density at radius 1 is 1.06 bits per heavy atom. The second-order valence-corrected chi connectivity index (χ2v) is 3.73. The molecule has 0 atom stereocenters. The summed E-state index contributed by atoms with van der Waals surface area (Å²) >= 11 is 6.10. The first kappa shape index (κ1) is 11.5. The van der Waals surface area contributed by atoms with Crippen molar-refractivity contribution in [3.63, 3.8) is 0 Å². The van der Waals surface area contributed by atoms with Gasteiger partial charge in [-0.15, -0.1) is 0 Å². The molecular weight excluding hydrogens is 240 g/mol. The van der Waals surface area contributed by atoms with Crippen molar-refractivity contribution in [3.8, 4) is 16.9 Å². The molecule has 2 aromatic rings. The highest BCUT2D eigenvalue weighted by Crippen LogP contribution is 2.35.